The quantitative estimate of drug-likeness (QED) is 0.311. The van der Waals surface area contributed by atoms with Gasteiger partial charge in [0, 0.05) is 11.3 Å². The minimum atomic E-state index is 0.0142. The highest BCUT2D eigenvalue weighted by Crippen LogP contribution is 2.75. The SMILES string of the molecule is CC1/C(=N/O)CCC2(C)C1CCC1(C)C2CCC2C3CCCC3(C=O)CC[C@]21C. The molecule has 5 fully saturated rings. The Kier molecular flexibility index (Phi) is 4.38. The lowest BCUT2D eigenvalue weighted by molar-refractivity contribution is -0.217. The molecule has 1 N–H and O–H groups in total. The number of fused-ring (bicyclic) bond motifs is 7. The second kappa shape index (κ2) is 6.33. The molecule has 5 aliphatic carbocycles. The van der Waals surface area contributed by atoms with E-state index in [9.17, 15) is 10.0 Å². The maximum atomic E-state index is 12.2. The van der Waals surface area contributed by atoms with Gasteiger partial charge < -0.3 is 10.0 Å². The van der Waals surface area contributed by atoms with Crippen LogP contribution in [0.1, 0.15) is 98.3 Å². The molecule has 162 valence electrons. The molecule has 0 aromatic rings. The molecule has 3 nitrogen and oxygen atoms in total. The van der Waals surface area contributed by atoms with Crippen molar-refractivity contribution in [1.29, 1.82) is 0 Å². The van der Waals surface area contributed by atoms with Crippen molar-refractivity contribution < 1.29 is 10.0 Å². The normalized spacial score (nSPS) is 58.1. The second-order valence-electron chi connectivity index (χ2n) is 12.5. The van der Waals surface area contributed by atoms with E-state index in [1.165, 1.54) is 57.7 Å². The van der Waals surface area contributed by atoms with E-state index < -0.39 is 0 Å². The first kappa shape index (κ1) is 20.1. The van der Waals surface area contributed by atoms with E-state index in [4.69, 9.17) is 0 Å². The zero-order valence-corrected chi connectivity index (χ0v) is 19.0. The minimum absolute atomic E-state index is 0.0142. The summed E-state index contributed by atoms with van der Waals surface area (Å²) in [5, 5.41) is 13.2. The summed E-state index contributed by atoms with van der Waals surface area (Å²) in [6.45, 7) is 10.2. The van der Waals surface area contributed by atoms with E-state index in [2.05, 4.69) is 32.9 Å². The fourth-order valence-corrected chi connectivity index (χ4v) is 10.4. The average molecular weight is 400 g/mol. The van der Waals surface area contributed by atoms with Crippen molar-refractivity contribution in [3.8, 4) is 0 Å². The van der Waals surface area contributed by atoms with Gasteiger partial charge in [-0.05, 0) is 104 Å². The van der Waals surface area contributed by atoms with Crippen LogP contribution in [0.25, 0.3) is 0 Å². The highest BCUT2D eigenvalue weighted by molar-refractivity contribution is 5.87. The van der Waals surface area contributed by atoms with E-state index in [0.29, 0.717) is 34.0 Å². The molecule has 0 amide bonds. The molecule has 0 aromatic carbocycles. The lowest BCUT2D eigenvalue weighted by atomic mass is 9.33. The zero-order chi connectivity index (χ0) is 20.7. The van der Waals surface area contributed by atoms with E-state index in [1.807, 2.05) is 0 Å². The zero-order valence-electron chi connectivity index (χ0n) is 19.0. The number of oxime groups is 1. The van der Waals surface area contributed by atoms with Crippen LogP contribution >= 0.6 is 0 Å². The molecule has 29 heavy (non-hydrogen) atoms. The van der Waals surface area contributed by atoms with Gasteiger partial charge >= 0.3 is 0 Å². The first-order chi connectivity index (χ1) is 13.8. The summed E-state index contributed by atoms with van der Waals surface area (Å²) in [4.78, 5) is 12.2. The summed E-state index contributed by atoms with van der Waals surface area (Å²) in [7, 11) is 0. The van der Waals surface area contributed by atoms with Crippen molar-refractivity contribution in [3.05, 3.63) is 0 Å². The Balaban J connectivity index is 1.52. The fourth-order valence-electron chi connectivity index (χ4n) is 10.4. The summed E-state index contributed by atoms with van der Waals surface area (Å²) in [6.07, 6.45) is 14.9. The molecule has 0 heterocycles. The van der Waals surface area contributed by atoms with E-state index in [1.54, 1.807) is 0 Å². The van der Waals surface area contributed by atoms with Gasteiger partial charge in [-0.2, -0.15) is 0 Å². The Bertz CT molecular complexity index is 732. The fraction of sp³-hybridized carbons (Fsp3) is 0.923. The van der Waals surface area contributed by atoms with Crippen LogP contribution in [0.15, 0.2) is 5.16 Å². The molecular formula is C26H41NO2. The number of rotatable bonds is 1. The third kappa shape index (κ3) is 2.31. The molecule has 0 saturated heterocycles. The predicted octanol–water partition coefficient (Wildman–Crippen LogP) is 6.48. The van der Waals surface area contributed by atoms with Crippen LogP contribution < -0.4 is 0 Å². The van der Waals surface area contributed by atoms with E-state index in [-0.39, 0.29) is 5.41 Å². The van der Waals surface area contributed by atoms with Crippen LogP contribution in [-0.4, -0.2) is 17.2 Å². The van der Waals surface area contributed by atoms with Crippen LogP contribution in [0, 0.1) is 51.2 Å². The van der Waals surface area contributed by atoms with Gasteiger partial charge in [-0.3, -0.25) is 0 Å². The van der Waals surface area contributed by atoms with Crippen LogP contribution in [-0.2, 0) is 4.79 Å². The summed E-state index contributed by atoms with van der Waals surface area (Å²) in [5.74, 6) is 3.21. The number of hydrogen-bond acceptors (Lipinski definition) is 3. The molecule has 0 aliphatic heterocycles. The summed E-state index contributed by atoms with van der Waals surface area (Å²) in [6, 6.07) is 0. The van der Waals surface area contributed by atoms with E-state index in [0.717, 1.165) is 36.8 Å². The Morgan fingerprint density at radius 2 is 1.69 bits per heavy atom. The molecule has 5 saturated carbocycles. The third-order valence-corrected chi connectivity index (χ3v) is 12.2. The monoisotopic (exact) mass is 399 g/mol. The van der Waals surface area contributed by atoms with Crippen molar-refractivity contribution in [2.75, 3.05) is 0 Å². The lowest BCUT2D eigenvalue weighted by Crippen LogP contribution is -2.64. The van der Waals surface area contributed by atoms with Crippen molar-refractivity contribution in [3.63, 3.8) is 0 Å². The molecule has 5 rings (SSSR count). The molecule has 0 spiro atoms. The highest BCUT2D eigenvalue weighted by atomic mass is 16.4. The number of carbonyl (C=O) groups excluding carboxylic acids is 1. The Morgan fingerprint density at radius 3 is 2.41 bits per heavy atom. The molecule has 0 aromatic heterocycles. The van der Waals surface area contributed by atoms with Gasteiger partial charge in [0.15, 0.2) is 0 Å². The molecule has 3 heteroatoms. The van der Waals surface area contributed by atoms with Crippen LogP contribution in [0.4, 0.5) is 0 Å². The number of hydrogen-bond donors (Lipinski definition) is 1. The van der Waals surface area contributed by atoms with Crippen molar-refractivity contribution in [2.45, 2.75) is 98.3 Å². The first-order valence-corrected chi connectivity index (χ1v) is 12.4. The van der Waals surface area contributed by atoms with Gasteiger partial charge in [0.25, 0.3) is 0 Å². The van der Waals surface area contributed by atoms with E-state index >= 15 is 0 Å². The molecule has 9 atom stereocenters. The van der Waals surface area contributed by atoms with Crippen molar-refractivity contribution in [2.24, 2.45) is 56.4 Å². The molecule has 8 unspecified atom stereocenters. The first-order valence-electron chi connectivity index (χ1n) is 12.4. The Morgan fingerprint density at radius 1 is 0.897 bits per heavy atom. The largest absolute Gasteiger partial charge is 0.411 e. The number of carbonyl (C=O) groups is 1. The van der Waals surface area contributed by atoms with Crippen molar-refractivity contribution >= 4 is 12.0 Å². The van der Waals surface area contributed by atoms with Gasteiger partial charge in [0.2, 0.25) is 0 Å². The molecule has 0 bridgehead atoms. The average Bonchev–Trinajstić information content (AvgIpc) is 3.13. The van der Waals surface area contributed by atoms with Crippen molar-refractivity contribution in [1.82, 2.24) is 0 Å². The maximum Gasteiger partial charge on any atom is 0.126 e. The number of nitrogens with zero attached hydrogens (tertiary/aromatic N) is 1. The molecular weight excluding hydrogens is 358 g/mol. The Labute approximate surface area is 177 Å². The topological polar surface area (TPSA) is 49.7 Å². The van der Waals surface area contributed by atoms with Crippen LogP contribution in [0.5, 0.6) is 0 Å². The van der Waals surface area contributed by atoms with Gasteiger partial charge in [-0.15, -0.1) is 0 Å². The highest BCUT2D eigenvalue weighted by Gasteiger charge is 2.68. The van der Waals surface area contributed by atoms with Crippen LogP contribution in [0.3, 0.4) is 0 Å². The van der Waals surface area contributed by atoms with Gasteiger partial charge in [-0.1, -0.05) is 39.3 Å². The predicted molar refractivity (Wildman–Crippen MR) is 116 cm³/mol. The lowest BCUT2D eigenvalue weighted by Gasteiger charge is -2.71. The smallest absolute Gasteiger partial charge is 0.126 e. The molecule has 5 aliphatic rings. The van der Waals surface area contributed by atoms with Gasteiger partial charge in [0.1, 0.15) is 6.29 Å². The number of aldehydes is 1. The standard InChI is InChI=1S/C26H41NO2/c1-17-18-9-13-25(4)22(23(18,2)12-10-21(17)27-29)8-7-19-20-6-5-11-26(20,16-28)15-14-24(19,25)3/h16-20,22,29H,5-15H2,1-4H3/b27-21+/t17?,18?,19?,20?,22?,23?,24-,25?,26?/m1/s1. The van der Waals surface area contributed by atoms with Gasteiger partial charge in [-0.25, -0.2) is 0 Å². The summed E-state index contributed by atoms with van der Waals surface area (Å²) < 4.78 is 0. The molecule has 0 radical (unpaired) electrons. The second-order valence-corrected chi connectivity index (χ2v) is 12.5. The summed E-state index contributed by atoms with van der Waals surface area (Å²) in [5.41, 5.74) is 2.17. The Hall–Kier alpha value is -0.860. The summed E-state index contributed by atoms with van der Waals surface area (Å²) >= 11 is 0. The van der Waals surface area contributed by atoms with Crippen LogP contribution in [0.2, 0.25) is 0 Å². The maximum absolute atomic E-state index is 12.2. The minimum Gasteiger partial charge on any atom is -0.411 e. The third-order valence-electron chi connectivity index (χ3n) is 12.2. The van der Waals surface area contributed by atoms with Gasteiger partial charge in [0.05, 0.1) is 5.71 Å².